The average Bonchev–Trinajstić information content (AvgIpc) is 3.89. The van der Waals surface area contributed by atoms with Crippen LogP contribution in [0.25, 0.3) is 81.7 Å². The number of hydrogen-bond acceptors (Lipinski definition) is 3. The van der Waals surface area contributed by atoms with Gasteiger partial charge in [-0.1, -0.05) is 164 Å². The second kappa shape index (κ2) is 14.8. The van der Waals surface area contributed by atoms with Crippen LogP contribution in [0.1, 0.15) is 0 Å². The van der Waals surface area contributed by atoms with Crippen molar-refractivity contribution in [1.29, 1.82) is 0 Å². The molecule has 3 nitrogen and oxygen atoms in total. The van der Waals surface area contributed by atoms with Crippen LogP contribution >= 0.6 is 11.3 Å². The first kappa shape index (κ1) is 34.7. The highest BCUT2D eigenvalue weighted by molar-refractivity contribution is 7.26. The van der Waals surface area contributed by atoms with Gasteiger partial charge in [-0.15, -0.1) is 11.3 Å². The Kier molecular flexibility index (Phi) is 8.68. The maximum absolute atomic E-state index is 5.05. The first-order chi connectivity index (χ1) is 29.2. The van der Waals surface area contributed by atoms with E-state index in [9.17, 15) is 0 Å². The van der Waals surface area contributed by atoms with Gasteiger partial charge in [0.25, 0.3) is 0 Å². The van der Waals surface area contributed by atoms with Crippen LogP contribution in [0.3, 0.4) is 0 Å². The van der Waals surface area contributed by atoms with Gasteiger partial charge in [-0.3, -0.25) is 4.40 Å². The van der Waals surface area contributed by atoms with Crippen LogP contribution in [0.15, 0.2) is 225 Å². The zero-order chi connectivity index (χ0) is 39.1. The predicted molar refractivity (Wildman–Crippen MR) is 250 cm³/mol. The van der Waals surface area contributed by atoms with Gasteiger partial charge in [-0.25, -0.2) is 4.98 Å². The molecule has 4 heteroatoms. The van der Waals surface area contributed by atoms with E-state index in [-0.39, 0.29) is 0 Å². The Morgan fingerprint density at radius 2 is 0.932 bits per heavy atom. The summed E-state index contributed by atoms with van der Waals surface area (Å²) in [7, 11) is 0. The maximum atomic E-state index is 5.05. The first-order valence-electron chi connectivity index (χ1n) is 19.9. The van der Waals surface area contributed by atoms with Crippen molar-refractivity contribution < 1.29 is 0 Å². The van der Waals surface area contributed by atoms with E-state index in [4.69, 9.17) is 4.98 Å². The highest BCUT2D eigenvalue weighted by Gasteiger charge is 2.18. The van der Waals surface area contributed by atoms with Crippen LogP contribution in [0.4, 0.5) is 17.1 Å². The van der Waals surface area contributed by atoms with Crippen molar-refractivity contribution in [3.8, 4) is 55.9 Å². The number of aromatic nitrogens is 2. The number of rotatable bonds is 8. The average molecular weight is 772 g/mol. The summed E-state index contributed by atoms with van der Waals surface area (Å²) in [5.74, 6) is 0. The third kappa shape index (κ3) is 6.37. The van der Waals surface area contributed by atoms with Gasteiger partial charge in [0.15, 0.2) is 0 Å². The molecule has 11 aromatic rings. The van der Waals surface area contributed by atoms with Crippen molar-refractivity contribution in [3.05, 3.63) is 225 Å². The van der Waals surface area contributed by atoms with Gasteiger partial charge in [0.1, 0.15) is 5.65 Å². The lowest BCUT2D eigenvalue weighted by atomic mass is 9.98. The topological polar surface area (TPSA) is 20.5 Å². The highest BCUT2D eigenvalue weighted by atomic mass is 32.1. The Labute approximate surface area is 347 Å². The van der Waals surface area contributed by atoms with E-state index in [0.29, 0.717) is 0 Å². The number of nitrogens with zero attached hydrogens (tertiary/aromatic N) is 3. The minimum atomic E-state index is 0.928. The molecule has 0 unspecified atom stereocenters. The Balaban J connectivity index is 0.887. The van der Waals surface area contributed by atoms with Gasteiger partial charge in [0.05, 0.1) is 11.4 Å². The molecule has 278 valence electrons. The second-order valence-corrected chi connectivity index (χ2v) is 15.9. The fourth-order valence-corrected chi connectivity index (χ4v) is 9.62. The molecular weight excluding hydrogens is 735 g/mol. The summed E-state index contributed by atoms with van der Waals surface area (Å²) in [5, 5.41) is 2.63. The molecule has 0 radical (unpaired) electrons. The Bertz CT molecular complexity index is 3220. The normalized spacial score (nSPS) is 11.4. The smallest absolute Gasteiger partial charge is 0.137 e. The van der Waals surface area contributed by atoms with Crippen LogP contribution in [0.2, 0.25) is 0 Å². The molecule has 59 heavy (non-hydrogen) atoms. The number of imidazole rings is 1. The third-order valence-electron chi connectivity index (χ3n) is 11.3. The van der Waals surface area contributed by atoms with E-state index in [1.165, 1.54) is 53.6 Å². The van der Waals surface area contributed by atoms with Gasteiger partial charge in [-0.2, -0.15) is 0 Å². The molecule has 0 fully saturated rings. The molecule has 0 bridgehead atoms. The van der Waals surface area contributed by atoms with Crippen LogP contribution in [-0.2, 0) is 0 Å². The summed E-state index contributed by atoms with van der Waals surface area (Å²) in [6.45, 7) is 0. The van der Waals surface area contributed by atoms with Crippen molar-refractivity contribution in [2.45, 2.75) is 0 Å². The van der Waals surface area contributed by atoms with Crippen molar-refractivity contribution >= 4 is 54.2 Å². The molecule has 3 heterocycles. The van der Waals surface area contributed by atoms with E-state index in [2.05, 4.69) is 222 Å². The van der Waals surface area contributed by atoms with Gasteiger partial charge in [0.2, 0.25) is 0 Å². The van der Waals surface area contributed by atoms with Crippen LogP contribution in [-0.4, -0.2) is 9.38 Å². The summed E-state index contributed by atoms with van der Waals surface area (Å²) in [6, 6.07) is 78.2. The lowest BCUT2D eigenvalue weighted by molar-refractivity contribution is 1.19. The van der Waals surface area contributed by atoms with Crippen LogP contribution in [0.5, 0.6) is 0 Å². The summed E-state index contributed by atoms with van der Waals surface area (Å²) in [6.07, 6.45) is 2.09. The Morgan fingerprint density at radius 3 is 1.61 bits per heavy atom. The molecule has 0 spiro atoms. The van der Waals surface area contributed by atoms with Crippen molar-refractivity contribution in [3.63, 3.8) is 0 Å². The standard InChI is InChI=1S/C55H37N3S/c1-4-13-41(14-5-1)48-19-12-20-50-49-35-30-44(37-51(49)59-55(48)50)40-24-22-38(23-25-40)39-26-31-46(32-27-39)58(45-17-8-3-9-18-45)47-33-28-43(29-34-47)54-53(42-15-6-2-7-16-42)56-52-21-10-11-36-57(52)54/h1-37H. The third-order valence-corrected chi connectivity index (χ3v) is 12.5. The Morgan fingerprint density at radius 1 is 0.390 bits per heavy atom. The molecule has 0 aliphatic carbocycles. The monoisotopic (exact) mass is 771 g/mol. The summed E-state index contributed by atoms with van der Waals surface area (Å²) in [5.41, 5.74) is 15.8. The number of thiophene rings is 1. The number of para-hydroxylation sites is 1. The van der Waals surface area contributed by atoms with Gasteiger partial charge in [-0.05, 0) is 88.0 Å². The van der Waals surface area contributed by atoms with Crippen LogP contribution in [0, 0.1) is 0 Å². The van der Waals surface area contributed by atoms with Gasteiger partial charge in [0, 0.05) is 54.6 Å². The number of fused-ring (bicyclic) bond motifs is 4. The molecule has 8 aromatic carbocycles. The van der Waals surface area contributed by atoms with Crippen molar-refractivity contribution in [1.82, 2.24) is 9.38 Å². The van der Waals surface area contributed by atoms with E-state index in [0.717, 1.165) is 45.2 Å². The second-order valence-electron chi connectivity index (χ2n) is 14.8. The zero-order valence-corrected chi connectivity index (χ0v) is 32.9. The lowest BCUT2D eigenvalue weighted by Gasteiger charge is -2.26. The zero-order valence-electron chi connectivity index (χ0n) is 32.1. The largest absolute Gasteiger partial charge is 0.311 e. The molecule has 0 N–H and O–H groups in total. The van der Waals surface area contributed by atoms with E-state index < -0.39 is 0 Å². The summed E-state index contributed by atoms with van der Waals surface area (Å²) < 4.78 is 4.84. The number of pyridine rings is 1. The fourth-order valence-electron chi connectivity index (χ4n) is 8.34. The molecule has 11 rings (SSSR count). The van der Waals surface area contributed by atoms with Crippen LogP contribution < -0.4 is 4.90 Å². The summed E-state index contributed by atoms with van der Waals surface area (Å²) in [4.78, 5) is 7.36. The van der Waals surface area contributed by atoms with E-state index in [1.54, 1.807) is 0 Å². The number of anilines is 3. The first-order valence-corrected chi connectivity index (χ1v) is 20.8. The molecule has 0 aliphatic rings. The van der Waals surface area contributed by atoms with E-state index in [1.807, 2.05) is 23.5 Å². The molecule has 0 atom stereocenters. The molecular formula is C55H37N3S. The van der Waals surface area contributed by atoms with Gasteiger partial charge < -0.3 is 4.90 Å². The van der Waals surface area contributed by atoms with Crippen molar-refractivity contribution in [2.75, 3.05) is 4.90 Å². The molecule has 0 amide bonds. The van der Waals surface area contributed by atoms with Gasteiger partial charge >= 0.3 is 0 Å². The molecule has 0 saturated heterocycles. The molecule has 3 aromatic heterocycles. The quantitative estimate of drug-likeness (QED) is 0.153. The summed E-state index contributed by atoms with van der Waals surface area (Å²) >= 11 is 1.88. The minimum absolute atomic E-state index is 0.928. The SMILES string of the molecule is c1ccc(-c2nc3ccccn3c2-c2ccc(N(c3ccccc3)c3ccc(-c4ccc(-c5ccc6c(c5)sc5c(-c7ccccc7)cccc56)cc4)cc3)cc2)cc1. The highest BCUT2D eigenvalue weighted by Crippen LogP contribution is 2.42. The Hall–Kier alpha value is -7.53. The lowest BCUT2D eigenvalue weighted by Crippen LogP contribution is -2.09. The minimum Gasteiger partial charge on any atom is -0.311 e. The van der Waals surface area contributed by atoms with E-state index >= 15 is 0 Å². The number of hydrogen-bond donors (Lipinski definition) is 0. The molecule has 0 aliphatic heterocycles. The molecule has 0 saturated carbocycles. The number of benzene rings is 8. The fraction of sp³-hybridized carbons (Fsp3) is 0. The van der Waals surface area contributed by atoms with Crippen molar-refractivity contribution in [2.24, 2.45) is 0 Å². The maximum Gasteiger partial charge on any atom is 0.137 e. The predicted octanol–water partition coefficient (Wildman–Crippen LogP) is 15.5.